The molecule has 1 aromatic heterocycles. The maximum absolute atomic E-state index is 10.9. The lowest BCUT2D eigenvalue weighted by molar-refractivity contribution is 0.609. The molecule has 68 valence electrons. The Bertz CT molecular complexity index is 409. The van der Waals surface area contributed by atoms with Crippen molar-refractivity contribution >= 4 is 58.6 Å². The van der Waals surface area contributed by atoms with Crippen LogP contribution in [0, 0.1) is 6.92 Å². The molecule has 1 aromatic rings. The Morgan fingerprint density at radius 3 is 2.17 bits per heavy atom. The number of rotatable bonds is 1. The van der Waals surface area contributed by atoms with Crippen molar-refractivity contribution in [2.24, 2.45) is 0 Å². The lowest BCUT2D eigenvalue weighted by Crippen LogP contribution is -1.89. The summed E-state index contributed by atoms with van der Waals surface area (Å²) in [6, 6.07) is 0. The molecule has 1 rings (SSSR count). The normalized spacial score (nSPS) is 12.0. The number of hydrogen-bond donors (Lipinski definition) is 0. The molecule has 0 radical (unpaired) electrons. The smallest absolute Gasteiger partial charge is 0.207 e. The zero-order valence-electron chi connectivity index (χ0n) is 5.77. The van der Waals surface area contributed by atoms with Gasteiger partial charge in [0.25, 0.3) is 9.05 Å². The molecule has 12 heavy (non-hydrogen) atoms. The molecule has 0 spiro atoms. The maximum Gasteiger partial charge on any atom is 0.264 e. The first-order chi connectivity index (χ1) is 5.34. The van der Waals surface area contributed by atoms with Crippen LogP contribution in [-0.2, 0) is 9.05 Å². The van der Waals surface area contributed by atoms with Gasteiger partial charge < -0.3 is 0 Å². The second-order valence-electron chi connectivity index (χ2n) is 2.01. The van der Waals surface area contributed by atoms with Crippen molar-refractivity contribution in [2.45, 2.75) is 11.8 Å². The molecule has 1 heterocycles. The van der Waals surface area contributed by atoms with Crippen LogP contribution >= 0.6 is 49.6 Å². The van der Waals surface area contributed by atoms with Crippen LogP contribution in [0.15, 0.2) is 9.37 Å². The van der Waals surface area contributed by atoms with E-state index >= 15 is 0 Å². The summed E-state index contributed by atoms with van der Waals surface area (Å²) in [5, 5.41) is 0. The molecule has 0 bridgehead atoms. The Morgan fingerprint density at radius 1 is 1.50 bits per heavy atom. The van der Waals surface area contributed by atoms with Crippen LogP contribution in [0.25, 0.3) is 0 Å². The van der Waals surface area contributed by atoms with Gasteiger partial charge in [-0.3, -0.25) is 0 Å². The maximum atomic E-state index is 10.9. The van der Waals surface area contributed by atoms with Gasteiger partial charge in [-0.25, -0.2) is 8.42 Å². The molecule has 0 aliphatic heterocycles. The summed E-state index contributed by atoms with van der Waals surface area (Å²) < 4.78 is 22.5. The van der Waals surface area contributed by atoms with Crippen LogP contribution in [0.3, 0.4) is 0 Å². The van der Waals surface area contributed by atoms with Gasteiger partial charge in [0, 0.05) is 15.6 Å². The van der Waals surface area contributed by atoms with Gasteiger partial charge >= 0.3 is 0 Å². The second kappa shape index (κ2) is 3.46. The van der Waals surface area contributed by atoms with Gasteiger partial charge in [-0.15, -0.1) is 11.3 Å². The molecular formula is C5H3BrCl2O2S2. The fraction of sp³-hybridized carbons (Fsp3) is 0.200. The number of thiophene rings is 1. The van der Waals surface area contributed by atoms with Crippen molar-refractivity contribution in [3.63, 3.8) is 0 Å². The fourth-order valence-corrected chi connectivity index (χ4v) is 5.48. The van der Waals surface area contributed by atoms with E-state index in [1.807, 2.05) is 0 Å². The highest BCUT2D eigenvalue weighted by Crippen LogP contribution is 2.40. The van der Waals surface area contributed by atoms with Crippen molar-refractivity contribution in [1.29, 1.82) is 0 Å². The number of hydrogen-bond acceptors (Lipinski definition) is 3. The van der Waals surface area contributed by atoms with E-state index < -0.39 is 9.05 Å². The minimum absolute atomic E-state index is 0.0340. The van der Waals surface area contributed by atoms with E-state index in [-0.39, 0.29) is 9.23 Å². The van der Waals surface area contributed by atoms with Crippen LogP contribution in [-0.4, -0.2) is 8.42 Å². The van der Waals surface area contributed by atoms with Crippen LogP contribution < -0.4 is 0 Å². The highest BCUT2D eigenvalue weighted by atomic mass is 79.9. The summed E-state index contributed by atoms with van der Waals surface area (Å²) in [6.07, 6.45) is 0. The van der Waals surface area contributed by atoms with Crippen LogP contribution in [0.5, 0.6) is 0 Å². The van der Waals surface area contributed by atoms with E-state index in [1.165, 1.54) is 11.3 Å². The Balaban J connectivity index is 3.54. The molecule has 0 amide bonds. The van der Waals surface area contributed by atoms with E-state index in [0.29, 0.717) is 4.47 Å². The van der Waals surface area contributed by atoms with Crippen molar-refractivity contribution in [2.75, 3.05) is 0 Å². The predicted molar refractivity (Wildman–Crippen MR) is 54.8 cm³/mol. The summed E-state index contributed by atoms with van der Waals surface area (Å²) in [7, 11) is 1.41. The molecule has 2 nitrogen and oxygen atoms in total. The third-order valence-corrected chi connectivity index (χ3v) is 5.60. The highest BCUT2D eigenvalue weighted by Gasteiger charge is 2.22. The number of halogens is 3. The molecule has 0 N–H and O–H groups in total. The lowest BCUT2D eigenvalue weighted by Gasteiger charge is -1.92. The lowest BCUT2D eigenvalue weighted by atomic mass is 10.5. The molecule has 0 aliphatic rings. The van der Waals surface area contributed by atoms with Gasteiger partial charge in [0.2, 0.25) is 0 Å². The van der Waals surface area contributed by atoms with Gasteiger partial charge in [-0.2, -0.15) is 0 Å². The minimum Gasteiger partial charge on any atom is -0.207 e. The van der Waals surface area contributed by atoms with E-state index in [0.717, 1.165) is 4.88 Å². The van der Waals surface area contributed by atoms with E-state index in [4.69, 9.17) is 22.3 Å². The van der Waals surface area contributed by atoms with Gasteiger partial charge in [0.05, 0.1) is 4.47 Å². The summed E-state index contributed by atoms with van der Waals surface area (Å²) >= 11 is 9.94. The van der Waals surface area contributed by atoms with Gasteiger partial charge in [-0.1, -0.05) is 11.6 Å². The summed E-state index contributed by atoms with van der Waals surface area (Å²) in [6.45, 7) is 1.76. The fourth-order valence-electron chi connectivity index (χ4n) is 0.675. The predicted octanol–water partition coefficient (Wildman–Crippen LogP) is 3.40. The van der Waals surface area contributed by atoms with Crippen molar-refractivity contribution < 1.29 is 8.42 Å². The van der Waals surface area contributed by atoms with E-state index in [9.17, 15) is 8.42 Å². The average Bonchev–Trinajstić information content (AvgIpc) is 2.05. The topological polar surface area (TPSA) is 34.1 Å². The SMILES string of the molecule is Cc1sc(Cl)c(S(=O)(=O)Cl)c1Br. The Kier molecular flexibility index (Phi) is 3.11. The molecule has 7 heteroatoms. The van der Waals surface area contributed by atoms with E-state index in [2.05, 4.69) is 15.9 Å². The van der Waals surface area contributed by atoms with Crippen molar-refractivity contribution in [3.8, 4) is 0 Å². The number of aryl methyl sites for hydroxylation is 1. The highest BCUT2D eigenvalue weighted by molar-refractivity contribution is 9.10. The van der Waals surface area contributed by atoms with Gasteiger partial charge in [-0.05, 0) is 22.9 Å². The Labute approximate surface area is 92.0 Å². The third-order valence-electron chi connectivity index (χ3n) is 1.17. The zero-order chi connectivity index (χ0) is 9.52. The second-order valence-corrected chi connectivity index (χ2v) is 7.14. The first-order valence-corrected chi connectivity index (χ1v) is 7.02. The largest absolute Gasteiger partial charge is 0.264 e. The minimum atomic E-state index is -3.74. The van der Waals surface area contributed by atoms with Crippen LogP contribution in [0.4, 0.5) is 0 Å². The first kappa shape index (κ1) is 10.8. The first-order valence-electron chi connectivity index (χ1n) is 2.73. The van der Waals surface area contributed by atoms with Crippen molar-refractivity contribution in [3.05, 3.63) is 13.7 Å². The summed E-state index contributed by atoms with van der Waals surface area (Å²) in [5.41, 5.74) is 0. The molecule has 0 aliphatic carbocycles. The average molecular weight is 310 g/mol. The van der Waals surface area contributed by atoms with Crippen LogP contribution in [0.2, 0.25) is 4.34 Å². The zero-order valence-corrected chi connectivity index (χ0v) is 10.5. The molecule has 0 aromatic carbocycles. The quantitative estimate of drug-likeness (QED) is 0.745. The molecular weight excluding hydrogens is 307 g/mol. The van der Waals surface area contributed by atoms with Gasteiger partial charge in [0.15, 0.2) is 0 Å². The van der Waals surface area contributed by atoms with E-state index in [1.54, 1.807) is 6.92 Å². The Morgan fingerprint density at radius 2 is 2.00 bits per heavy atom. The standard InChI is InChI=1S/C5H3BrCl2O2S2/c1-2-3(6)4(5(7)11-2)12(8,9)10/h1H3. The molecule has 0 atom stereocenters. The molecule has 0 unspecified atom stereocenters. The molecule has 0 fully saturated rings. The van der Waals surface area contributed by atoms with Crippen molar-refractivity contribution in [1.82, 2.24) is 0 Å². The summed E-state index contributed by atoms with van der Waals surface area (Å²) in [5.74, 6) is 0. The third kappa shape index (κ3) is 1.96. The Hall–Kier alpha value is 0.710. The molecule has 0 saturated carbocycles. The summed E-state index contributed by atoms with van der Waals surface area (Å²) in [4.78, 5) is 0.757. The monoisotopic (exact) mass is 308 g/mol. The van der Waals surface area contributed by atoms with Crippen LogP contribution in [0.1, 0.15) is 4.88 Å². The molecule has 0 saturated heterocycles. The van der Waals surface area contributed by atoms with Gasteiger partial charge in [0.1, 0.15) is 9.23 Å².